The number of amides is 2. The smallest absolute Gasteiger partial charge is 0.329 e. The molecule has 2 aliphatic heterocycles. The van der Waals surface area contributed by atoms with Gasteiger partial charge in [0.05, 0.1) is 17.6 Å². The summed E-state index contributed by atoms with van der Waals surface area (Å²) in [6.45, 7) is 7.89. The first-order chi connectivity index (χ1) is 15.6. The van der Waals surface area contributed by atoms with Gasteiger partial charge in [0.1, 0.15) is 0 Å². The number of hydrogen-bond acceptors (Lipinski definition) is 4. The number of fused-ring (bicyclic) bond motifs is 1. The Morgan fingerprint density at radius 2 is 1.38 bits per heavy atom. The van der Waals surface area contributed by atoms with Gasteiger partial charge in [-0.25, -0.2) is 4.79 Å². The zero-order valence-electron chi connectivity index (χ0n) is 19.2. The topological polar surface area (TPSA) is 70.8 Å². The fourth-order valence-electron chi connectivity index (χ4n) is 4.93. The molecule has 0 radical (unpaired) electrons. The van der Waals surface area contributed by atoms with Crippen LogP contribution in [0.25, 0.3) is 11.0 Å². The highest BCUT2D eigenvalue weighted by Crippen LogP contribution is 2.14. The van der Waals surface area contributed by atoms with Gasteiger partial charge in [0.25, 0.3) is 0 Å². The molecular weight excluding hydrogens is 406 g/mol. The van der Waals surface area contributed by atoms with E-state index < -0.39 is 0 Å². The summed E-state index contributed by atoms with van der Waals surface area (Å²) < 4.78 is 3.47. The quantitative estimate of drug-likeness (QED) is 0.685. The highest BCUT2D eigenvalue weighted by atomic mass is 16.2. The monoisotopic (exact) mass is 441 g/mol. The van der Waals surface area contributed by atoms with Crippen LogP contribution >= 0.6 is 0 Å². The Morgan fingerprint density at radius 1 is 0.781 bits per heavy atom. The predicted octanol–water partition coefficient (Wildman–Crippen LogP) is 1.76. The van der Waals surface area contributed by atoms with Crippen molar-refractivity contribution < 1.29 is 9.59 Å². The van der Waals surface area contributed by atoms with Gasteiger partial charge in [-0.15, -0.1) is 0 Å². The molecule has 1 aromatic heterocycles. The summed E-state index contributed by atoms with van der Waals surface area (Å²) in [5.41, 5.74) is 1.73. The third-order valence-corrected chi connectivity index (χ3v) is 6.83. The number of para-hydroxylation sites is 2. The van der Waals surface area contributed by atoms with E-state index in [-0.39, 0.29) is 17.5 Å². The van der Waals surface area contributed by atoms with Crippen LogP contribution in [0.5, 0.6) is 0 Å². The number of imidazole rings is 1. The van der Waals surface area contributed by atoms with Gasteiger partial charge in [0.15, 0.2) is 0 Å². The Hall–Kier alpha value is -2.61. The molecule has 2 fully saturated rings. The molecule has 8 heteroatoms. The van der Waals surface area contributed by atoms with E-state index in [1.165, 1.54) is 12.8 Å². The molecule has 174 valence electrons. The number of carbonyl (C=O) groups is 2. The summed E-state index contributed by atoms with van der Waals surface area (Å²) in [7, 11) is 0. The van der Waals surface area contributed by atoms with Gasteiger partial charge in [-0.1, -0.05) is 25.0 Å². The molecule has 2 aliphatic rings. The van der Waals surface area contributed by atoms with Crippen LogP contribution in [0.3, 0.4) is 0 Å². The summed E-state index contributed by atoms with van der Waals surface area (Å²) in [5, 5.41) is 0. The molecule has 2 saturated heterocycles. The van der Waals surface area contributed by atoms with E-state index >= 15 is 0 Å². The minimum absolute atomic E-state index is 0.0571. The maximum Gasteiger partial charge on any atom is 0.329 e. The van der Waals surface area contributed by atoms with Gasteiger partial charge in [-0.2, -0.15) is 0 Å². The molecular formula is C24H35N5O3. The van der Waals surface area contributed by atoms with Crippen molar-refractivity contribution in [2.75, 3.05) is 45.8 Å². The van der Waals surface area contributed by atoms with E-state index in [0.29, 0.717) is 39.1 Å². The van der Waals surface area contributed by atoms with Crippen LogP contribution in [0, 0.1) is 0 Å². The van der Waals surface area contributed by atoms with Gasteiger partial charge >= 0.3 is 5.69 Å². The summed E-state index contributed by atoms with van der Waals surface area (Å²) in [6, 6.07) is 7.74. The SMILES string of the molecule is CCn1c(=O)n(CCC(=O)N2CCN(CC(=O)N3CCCCCC3)CC2)c2ccccc21. The van der Waals surface area contributed by atoms with E-state index in [4.69, 9.17) is 0 Å². The average Bonchev–Trinajstić information content (AvgIpc) is 2.96. The summed E-state index contributed by atoms with van der Waals surface area (Å²) >= 11 is 0. The highest BCUT2D eigenvalue weighted by Gasteiger charge is 2.25. The lowest BCUT2D eigenvalue weighted by Gasteiger charge is -2.35. The van der Waals surface area contributed by atoms with Crippen LogP contribution in [-0.4, -0.2) is 81.5 Å². The third kappa shape index (κ3) is 4.90. The van der Waals surface area contributed by atoms with Crippen LogP contribution in [0.1, 0.15) is 39.0 Å². The van der Waals surface area contributed by atoms with Crippen molar-refractivity contribution in [2.24, 2.45) is 0 Å². The number of piperazine rings is 1. The lowest BCUT2D eigenvalue weighted by Crippen LogP contribution is -2.51. The van der Waals surface area contributed by atoms with E-state index in [1.54, 1.807) is 9.13 Å². The summed E-state index contributed by atoms with van der Waals surface area (Å²) in [4.78, 5) is 44.3. The van der Waals surface area contributed by atoms with Crippen molar-refractivity contribution in [1.29, 1.82) is 0 Å². The van der Waals surface area contributed by atoms with Crippen molar-refractivity contribution in [3.8, 4) is 0 Å². The van der Waals surface area contributed by atoms with E-state index in [2.05, 4.69) is 4.90 Å². The van der Waals surface area contributed by atoms with Gasteiger partial charge < -0.3 is 9.80 Å². The first-order valence-electron chi connectivity index (χ1n) is 12.0. The Balaban J connectivity index is 1.28. The Kier molecular flexibility index (Phi) is 7.29. The van der Waals surface area contributed by atoms with Gasteiger partial charge in [-0.3, -0.25) is 23.6 Å². The molecule has 1 aromatic carbocycles. The number of aromatic nitrogens is 2. The number of hydrogen-bond donors (Lipinski definition) is 0. The second-order valence-electron chi connectivity index (χ2n) is 8.87. The van der Waals surface area contributed by atoms with Crippen LogP contribution in [0.2, 0.25) is 0 Å². The Labute approximate surface area is 189 Å². The van der Waals surface area contributed by atoms with Crippen molar-refractivity contribution in [2.45, 2.75) is 52.1 Å². The maximum atomic E-state index is 12.8. The van der Waals surface area contributed by atoms with E-state index in [9.17, 15) is 14.4 Å². The second kappa shape index (κ2) is 10.3. The molecule has 2 amide bonds. The zero-order chi connectivity index (χ0) is 22.5. The predicted molar refractivity (Wildman–Crippen MR) is 125 cm³/mol. The standard InChI is InChI=1S/C24H35N5O3/c1-2-28-20-9-5-6-10-21(20)29(24(28)32)14-11-22(30)27-17-15-25(16-18-27)19-23(31)26-12-7-3-4-8-13-26/h5-6,9-10H,2-4,7-8,11-19H2,1H3. The molecule has 4 rings (SSSR count). The Morgan fingerprint density at radius 3 is 2.00 bits per heavy atom. The van der Waals surface area contributed by atoms with Crippen molar-refractivity contribution >= 4 is 22.8 Å². The number of aryl methyl sites for hydroxylation is 2. The lowest BCUT2D eigenvalue weighted by molar-refractivity contribution is -0.135. The normalized spacial score (nSPS) is 18.2. The minimum atomic E-state index is -0.0571. The van der Waals surface area contributed by atoms with Crippen LogP contribution < -0.4 is 5.69 Å². The van der Waals surface area contributed by atoms with E-state index in [0.717, 1.165) is 50.1 Å². The molecule has 32 heavy (non-hydrogen) atoms. The first-order valence-corrected chi connectivity index (χ1v) is 12.0. The van der Waals surface area contributed by atoms with Crippen LogP contribution in [-0.2, 0) is 22.7 Å². The van der Waals surface area contributed by atoms with Gasteiger partial charge in [-0.05, 0) is 31.9 Å². The fourth-order valence-corrected chi connectivity index (χ4v) is 4.93. The molecule has 8 nitrogen and oxygen atoms in total. The van der Waals surface area contributed by atoms with Crippen molar-refractivity contribution in [1.82, 2.24) is 23.8 Å². The molecule has 0 bridgehead atoms. The number of carbonyl (C=O) groups excluding carboxylic acids is 2. The van der Waals surface area contributed by atoms with Crippen LogP contribution in [0.4, 0.5) is 0 Å². The number of benzene rings is 1. The molecule has 0 N–H and O–H groups in total. The van der Waals surface area contributed by atoms with Crippen molar-refractivity contribution in [3.63, 3.8) is 0 Å². The largest absolute Gasteiger partial charge is 0.342 e. The second-order valence-corrected chi connectivity index (χ2v) is 8.87. The number of nitrogens with zero attached hydrogens (tertiary/aromatic N) is 5. The molecule has 0 spiro atoms. The highest BCUT2D eigenvalue weighted by molar-refractivity contribution is 5.79. The zero-order valence-corrected chi connectivity index (χ0v) is 19.2. The molecule has 0 unspecified atom stereocenters. The van der Waals surface area contributed by atoms with E-state index in [1.807, 2.05) is 41.0 Å². The minimum Gasteiger partial charge on any atom is -0.342 e. The van der Waals surface area contributed by atoms with Crippen molar-refractivity contribution in [3.05, 3.63) is 34.7 Å². The molecule has 0 atom stereocenters. The maximum absolute atomic E-state index is 12.8. The fraction of sp³-hybridized carbons (Fsp3) is 0.625. The summed E-state index contributed by atoms with van der Waals surface area (Å²) in [5.74, 6) is 0.294. The molecule has 3 heterocycles. The van der Waals surface area contributed by atoms with Crippen LogP contribution in [0.15, 0.2) is 29.1 Å². The molecule has 2 aromatic rings. The first kappa shape index (κ1) is 22.6. The summed E-state index contributed by atoms with van der Waals surface area (Å²) in [6.07, 6.45) is 4.96. The number of rotatable bonds is 6. The number of likely N-dealkylation sites (tertiary alicyclic amines) is 1. The third-order valence-electron chi connectivity index (χ3n) is 6.83. The Bertz CT molecular complexity index is 995. The average molecular weight is 442 g/mol. The molecule has 0 saturated carbocycles. The molecule has 0 aliphatic carbocycles. The lowest BCUT2D eigenvalue weighted by atomic mass is 10.2. The van der Waals surface area contributed by atoms with Gasteiger partial charge in [0, 0.05) is 58.8 Å². The van der Waals surface area contributed by atoms with Gasteiger partial charge in [0.2, 0.25) is 11.8 Å².